The molecule has 2 aliphatic rings. The third-order valence-corrected chi connectivity index (χ3v) is 7.68. The molecular formula is C32H35Cl2N5O3. The van der Waals surface area contributed by atoms with Gasteiger partial charge in [0.2, 0.25) is 0 Å². The number of anilines is 3. The highest BCUT2D eigenvalue weighted by atomic mass is 35.5. The minimum atomic E-state index is -0.841. The molecule has 3 aromatic rings. The SMILES string of the molecule is CC(C)(C)c1ccc(NC(=O)C2=CCN(c3ccccn3)CC2Cl)cc1.O=C(O)C1=CCN(c2ncccc2Cl)CC1. The fraction of sp³-hybridized carbons (Fsp3) is 0.312. The molecular weight excluding hydrogens is 573 g/mol. The summed E-state index contributed by atoms with van der Waals surface area (Å²) in [5.74, 6) is 0.595. The number of hydrogen-bond acceptors (Lipinski definition) is 6. The van der Waals surface area contributed by atoms with Crippen molar-refractivity contribution in [1.29, 1.82) is 0 Å². The van der Waals surface area contributed by atoms with Crippen molar-refractivity contribution in [3.63, 3.8) is 0 Å². The average Bonchev–Trinajstić information content (AvgIpc) is 2.98. The van der Waals surface area contributed by atoms with Gasteiger partial charge in [-0.05, 0) is 53.8 Å². The molecule has 1 unspecified atom stereocenters. The molecule has 0 bridgehead atoms. The lowest BCUT2D eigenvalue weighted by Crippen LogP contribution is -2.39. The number of amides is 1. The lowest BCUT2D eigenvalue weighted by Gasteiger charge is -2.30. The monoisotopic (exact) mass is 607 g/mol. The molecule has 0 saturated carbocycles. The summed E-state index contributed by atoms with van der Waals surface area (Å²) >= 11 is 12.5. The number of rotatable bonds is 5. The number of alkyl halides is 1. The smallest absolute Gasteiger partial charge is 0.331 e. The third kappa shape index (κ3) is 8.11. The molecule has 4 heterocycles. The van der Waals surface area contributed by atoms with Crippen LogP contribution < -0.4 is 15.1 Å². The summed E-state index contributed by atoms with van der Waals surface area (Å²) in [6.07, 6.45) is 7.54. The number of hydrogen-bond donors (Lipinski definition) is 2. The summed E-state index contributed by atoms with van der Waals surface area (Å²) in [4.78, 5) is 35.9. The number of aromatic nitrogens is 2. The van der Waals surface area contributed by atoms with Gasteiger partial charge in [-0.2, -0.15) is 0 Å². The predicted octanol–water partition coefficient (Wildman–Crippen LogP) is 6.33. The molecule has 0 spiro atoms. The molecule has 0 aliphatic carbocycles. The average molecular weight is 609 g/mol. The van der Waals surface area contributed by atoms with Crippen LogP contribution in [0, 0.1) is 0 Å². The Kier molecular flexibility index (Phi) is 10.2. The Morgan fingerprint density at radius 2 is 1.67 bits per heavy atom. The van der Waals surface area contributed by atoms with Crippen LogP contribution in [-0.2, 0) is 15.0 Å². The molecule has 8 nitrogen and oxygen atoms in total. The van der Waals surface area contributed by atoms with Crippen LogP contribution in [0.4, 0.5) is 17.3 Å². The van der Waals surface area contributed by atoms with Crippen molar-refractivity contribution in [2.24, 2.45) is 0 Å². The molecule has 1 atom stereocenters. The maximum Gasteiger partial charge on any atom is 0.331 e. The van der Waals surface area contributed by atoms with Gasteiger partial charge in [-0.3, -0.25) is 4.79 Å². The van der Waals surface area contributed by atoms with E-state index in [9.17, 15) is 9.59 Å². The molecule has 2 aliphatic heterocycles. The molecule has 0 saturated heterocycles. The highest BCUT2D eigenvalue weighted by Crippen LogP contribution is 2.26. The number of carboxylic acids is 1. The van der Waals surface area contributed by atoms with Crippen LogP contribution in [0.5, 0.6) is 0 Å². The van der Waals surface area contributed by atoms with Crippen LogP contribution in [0.25, 0.3) is 0 Å². The zero-order chi connectivity index (χ0) is 30.3. The second kappa shape index (κ2) is 13.9. The first-order valence-electron chi connectivity index (χ1n) is 13.7. The van der Waals surface area contributed by atoms with Gasteiger partial charge in [-0.1, -0.05) is 62.7 Å². The number of carboxylic acid groups (broad SMARTS) is 1. The van der Waals surface area contributed by atoms with E-state index in [0.717, 1.165) is 11.5 Å². The van der Waals surface area contributed by atoms with Gasteiger partial charge in [-0.25, -0.2) is 14.8 Å². The molecule has 0 radical (unpaired) electrons. The lowest BCUT2D eigenvalue weighted by molar-refractivity contribution is -0.132. The van der Waals surface area contributed by atoms with Gasteiger partial charge in [0.1, 0.15) is 11.6 Å². The molecule has 5 rings (SSSR count). The largest absolute Gasteiger partial charge is 0.478 e. The zero-order valence-corrected chi connectivity index (χ0v) is 25.4. The van der Waals surface area contributed by atoms with Gasteiger partial charge in [0, 0.05) is 55.4 Å². The number of halogens is 2. The van der Waals surface area contributed by atoms with Crippen LogP contribution in [-0.4, -0.2) is 58.5 Å². The topological polar surface area (TPSA) is 98.7 Å². The summed E-state index contributed by atoms with van der Waals surface area (Å²) in [5, 5.41) is 12.0. The Balaban J connectivity index is 0.000000216. The van der Waals surface area contributed by atoms with E-state index in [1.54, 1.807) is 30.6 Å². The third-order valence-electron chi connectivity index (χ3n) is 7.02. The van der Waals surface area contributed by atoms with Gasteiger partial charge < -0.3 is 20.2 Å². The quantitative estimate of drug-likeness (QED) is 0.327. The van der Waals surface area contributed by atoms with Crippen LogP contribution in [0.1, 0.15) is 32.8 Å². The predicted molar refractivity (Wildman–Crippen MR) is 170 cm³/mol. The minimum absolute atomic E-state index is 0.0879. The fourth-order valence-electron chi connectivity index (χ4n) is 4.59. The van der Waals surface area contributed by atoms with Crippen LogP contribution in [0.3, 0.4) is 0 Å². The molecule has 1 aromatic carbocycles. The number of nitrogens with zero attached hydrogens (tertiary/aromatic N) is 4. The summed E-state index contributed by atoms with van der Waals surface area (Å²) in [6, 6.07) is 17.3. The molecule has 10 heteroatoms. The van der Waals surface area contributed by atoms with Gasteiger partial charge in [0.05, 0.1) is 10.4 Å². The zero-order valence-electron chi connectivity index (χ0n) is 23.9. The Hall–Kier alpha value is -3.88. The summed E-state index contributed by atoms with van der Waals surface area (Å²) < 4.78 is 0. The van der Waals surface area contributed by atoms with E-state index in [0.29, 0.717) is 54.6 Å². The standard InChI is InChI=1S/C21H24ClN3O.C11H11ClN2O2/c1-21(2,3)15-7-9-16(10-8-15)24-20(26)17-11-13-25(14-18(17)22)19-6-4-5-12-23-19;12-9-2-1-5-13-10(9)14-6-3-8(4-7-14)11(15)16/h4-12,18H,13-14H2,1-3H3,(H,24,26);1-3,5H,4,6-7H2,(H,15,16). The van der Waals surface area contributed by atoms with E-state index in [1.807, 2.05) is 53.4 Å². The van der Waals surface area contributed by atoms with Gasteiger partial charge >= 0.3 is 5.97 Å². The summed E-state index contributed by atoms with van der Waals surface area (Å²) in [5.41, 5.74) is 3.17. The first kappa shape index (κ1) is 31.1. The van der Waals surface area contributed by atoms with E-state index in [1.165, 1.54) is 5.56 Å². The number of pyridine rings is 2. The molecule has 0 fully saturated rings. The minimum Gasteiger partial charge on any atom is -0.478 e. The summed E-state index contributed by atoms with van der Waals surface area (Å²) in [7, 11) is 0. The van der Waals surface area contributed by atoms with Crippen molar-refractivity contribution in [1.82, 2.24) is 9.97 Å². The number of carbonyl (C=O) groups excluding carboxylic acids is 1. The second-order valence-electron chi connectivity index (χ2n) is 11.0. The van der Waals surface area contributed by atoms with Gasteiger partial charge in [0.25, 0.3) is 5.91 Å². The fourth-order valence-corrected chi connectivity index (χ4v) is 5.18. The Morgan fingerprint density at radius 3 is 2.24 bits per heavy atom. The normalized spacial score (nSPS) is 16.9. The Bertz CT molecular complexity index is 1450. The second-order valence-corrected chi connectivity index (χ2v) is 12.0. The molecule has 42 heavy (non-hydrogen) atoms. The number of aliphatic carboxylic acids is 1. The first-order chi connectivity index (χ1) is 20.0. The van der Waals surface area contributed by atoms with Gasteiger partial charge in [0.15, 0.2) is 0 Å². The van der Waals surface area contributed by atoms with E-state index in [2.05, 4.69) is 41.0 Å². The number of carbonyl (C=O) groups is 2. The van der Waals surface area contributed by atoms with Gasteiger partial charge in [-0.15, -0.1) is 11.6 Å². The molecule has 2 aromatic heterocycles. The van der Waals surface area contributed by atoms with Crippen molar-refractivity contribution < 1.29 is 14.7 Å². The van der Waals surface area contributed by atoms with Crippen LogP contribution >= 0.6 is 23.2 Å². The van der Waals surface area contributed by atoms with Crippen molar-refractivity contribution in [2.75, 3.05) is 41.3 Å². The van der Waals surface area contributed by atoms with Crippen molar-refractivity contribution in [3.05, 3.63) is 101 Å². The summed E-state index contributed by atoms with van der Waals surface area (Å²) in [6.45, 7) is 8.84. The van der Waals surface area contributed by atoms with E-state index in [4.69, 9.17) is 28.3 Å². The van der Waals surface area contributed by atoms with Crippen LogP contribution in [0.2, 0.25) is 5.02 Å². The van der Waals surface area contributed by atoms with Crippen LogP contribution in [0.15, 0.2) is 90.3 Å². The first-order valence-corrected chi connectivity index (χ1v) is 14.5. The van der Waals surface area contributed by atoms with Crippen molar-refractivity contribution >= 4 is 52.4 Å². The molecule has 1 amide bonds. The lowest BCUT2D eigenvalue weighted by atomic mass is 9.87. The Morgan fingerprint density at radius 1 is 0.952 bits per heavy atom. The Labute approximate surface area is 256 Å². The maximum atomic E-state index is 12.6. The molecule has 220 valence electrons. The maximum absolute atomic E-state index is 12.6. The highest BCUT2D eigenvalue weighted by molar-refractivity contribution is 6.33. The van der Waals surface area contributed by atoms with E-state index < -0.39 is 5.97 Å². The molecule has 2 N–H and O–H groups in total. The number of benzene rings is 1. The van der Waals surface area contributed by atoms with Crippen molar-refractivity contribution in [3.8, 4) is 0 Å². The highest BCUT2D eigenvalue weighted by Gasteiger charge is 2.26. The van der Waals surface area contributed by atoms with E-state index in [-0.39, 0.29) is 16.7 Å². The number of nitrogens with one attached hydrogen (secondary N) is 1. The van der Waals surface area contributed by atoms with Crippen molar-refractivity contribution in [2.45, 2.75) is 38.0 Å². The van der Waals surface area contributed by atoms with E-state index >= 15 is 0 Å².